The molecule has 0 saturated heterocycles. The van der Waals surface area contributed by atoms with Gasteiger partial charge in [0.15, 0.2) is 0 Å². The molecule has 0 radical (unpaired) electrons. The van der Waals surface area contributed by atoms with E-state index in [0.717, 1.165) is 0 Å². The van der Waals surface area contributed by atoms with Crippen molar-refractivity contribution < 1.29 is 14.5 Å². The maximum absolute atomic E-state index is 11.5. The van der Waals surface area contributed by atoms with E-state index in [0.29, 0.717) is 10.9 Å². The van der Waals surface area contributed by atoms with Gasteiger partial charge in [0.1, 0.15) is 6.04 Å². The fourth-order valence-electron chi connectivity index (χ4n) is 1.94. The number of carbonyl (C=O) groups is 1. The summed E-state index contributed by atoms with van der Waals surface area (Å²) < 4.78 is 6.21. The molecule has 0 aliphatic heterocycles. The Morgan fingerprint density at radius 3 is 2.72 bits per heavy atom. The van der Waals surface area contributed by atoms with Crippen molar-refractivity contribution in [2.45, 2.75) is 13.0 Å². The van der Waals surface area contributed by atoms with E-state index in [1.165, 1.54) is 13.3 Å². The molecule has 0 N–H and O–H groups in total. The summed E-state index contributed by atoms with van der Waals surface area (Å²) >= 11 is 0. The fourth-order valence-corrected chi connectivity index (χ4v) is 1.94. The number of hydrogen-bond acceptors (Lipinski definition) is 4. The molecule has 2 aromatic rings. The number of rotatable bonds is 3. The lowest BCUT2D eigenvalue weighted by Crippen LogP contribution is -2.16. The van der Waals surface area contributed by atoms with Gasteiger partial charge in [-0.15, -0.1) is 0 Å². The van der Waals surface area contributed by atoms with Crippen molar-refractivity contribution in [3.8, 4) is 0 Å². The topological polar surface area (TPSA) is 74.4 Å². The zero-order valence-corrected chi connectivity index (χ0v) is 9.99. The molecule has 0 aliphatic rings. The van der Waals surface area contributed by atoms with Crippen molar-refractivity contribution in [1.82, 2.24) is 4.57 Å². The lowest BCUT2D eigenvalue weighted by Gasteiger charge is -2.11. The maximum Gasteiger partial charge on any atom is 0.328 e. The number of fused-ring (bicyclic) bond motifs is 1. The predicted molar refractivity (Wildman–Crippen MR) is 65.3 cm³/mol. The molecule has 1 aromatic heterocycles. The van der Waals surface area contributed by atoms with E-state index in [4.69, 9.17) is 0 Å². The number of hydrogen-bond donors (Lipinski definition) is 0. The minimum Gasteiger partial charge on any atom is -0.467 e. The van der Waals surface area contributed by atoms with Crippen LogP contribution in [0.4, 0.5) is 5.69 Å². The molecule has 1 heterocycles. The summed E-state index contributed by atoms with van der Waals surface area (Å²) in [6.45, 7) is 1.64. The number of methoxy groups -OCH3 is 1. The minimum atomic E-state index is -0.603. The molecule has 0 amide bonds. The van der Waals surface area contributed by atoms with E-state index >= 15 is 0 Å². The number of esters is 1. The second-order valence-electron chi connectivity index (χ2n) is 3.90. The third-order valence-corrected chi connectivity index (χ3v) is 2.88. The number of nitro groups is 1. The molecule has 6 nitrogen and oxygen atoms in total. The summed E-state index contributed by atoms with van der Waals surface area (Å²) in [5.41, 5.74) is 0.628. The minimum absolute atomic E-state index is 0.0126. The van der Waals surface area contributed by atoms with Crippen LogP contribution in [0, 0.1) is 10.1 Å². The first-order chi connectivity index (χ1) is 8.56. The number of aromatic nitrogens is 1. The standard InChI is InChI=1S/C12H12N2O4/c1-8(12(15)18-2)13-7-11(14(16)17)9-5-3-4-6-10(9)13/h3-8H,1-2H3. The summed E-state index contributed by atoms with van der Waals surface area (Å²) in [6, 6.07) is 6.29. The molecule has 2 rings (SSSR count). The van der Waals surface area contributed by atoms with Gasteiger partial charge in [-0.25, -0.2) is 4.79 Å². The molecule has 1 unspecified atom stereocenters. The van der Waals surface area contributed by atoms with Gasteiger partial charge in [-0.2, -0.15) is 0 Å². The Morgan fingerprint density at radius 1 is 1.44 bits per heavy atom. The van der Waals surface area contributed by atoms with E-state index in [2.05, 4.69) is 4.74 Å². The van der Waals surface area contributed by atoms with Gasteiger partial charge in [-0.05, 0) is 19.1 Å². The van der Waals surface area contributed by atoms with E-state index in [1.807, 2.05) is 0 Å². The summed E-state index contributed by atoms with van der Waals surface area (Å²) in [6.07, 6.45) is 1.37. The lowest BCUT2D eigenvalue weighted by molar-refractivity contribution is -0.383. The van der Waals surface area contributed by atoms with Crippen molar-refractivity contribution in [3.63, 3.8) is 0 Å². The van der Waals surface area contributed by atoms with Crippen LogP contribution in [0.1, 0.15) is 13.0 Å². The van der Waals surface area contributed by atoms with Gasteiger partial charge < -0.3 is 9.30 Å². The molecule has 0 aliphatic carbocycles. The molecule has 18 heavy (non-hydrogen) atoms. The molecule has 1 aromatic carbocycles. The molecular weight excluding hydrogens is 236 g/mol. The van der Waals surface area contributed by atoms with Gasteiger partial charge in [-0.1, -0.05) is 12.1 Å². The van der Waals surface area contributed by atoms with Gasteiger partial charge in [0.05, 0.1) is 29.1 Å². The highest BCUT2D eigenvalue weighted by Gasteiger charge is 2.23. The van der Waals surface area contributed by atoms with Gasteiger partial charge >= 0.3 is 5.97 Å². The molecule has 0 fully saturated rings. The zero-order chi connectivity index (χ0) is 13.3. The number of para-hydroxylation sites is 1. The Hall–Kier alpha value is -2.37. The van der Waals surface area contributed by atoms with Crippen molar-refractivity contribution in [2.75, 3.05) is 7.11 Å². The number of benzene rings is 1. The van der Waals surface area contributed by atoms with E-state index in [-0.39, 0.29) is 5.69 Å². The van der Waals surface area contributed by atoms with Crippen LogP contribution in [-0.2, 0) is 9.53 Å². The number of nitrogens with zero attached hydrogens (tertiary/aromatic N) is 2. The van der Waals surface area contributed by atoms with Crippen molar-refractivity contribution in [1.29, 1.82) is 0 Å². The second kappa shape index (κ2) is 4.48. The SMILES string of the molecule is COC(=O)C(C)n1cc([N+](=O)[O-])c2ccccc21. The average Bonchev–Trinajstić information content (AvgIpc) is 2.76. The van der Waals surface area contributed by atoms with Crippen molar-refractivity contribution in [2.24, 2.45) is 0 Å². The fraction of sp³-hybridized carbons (Fsp3) is 0.250. The van der Waals surface area contributed by atoms with Gasteiger partial charge in [0.25, 0.3) is 5.69 Å². The lowest BCUT2D eigenvalue weighted by atomic mass is 10.2. The van der Waals surface area contributed by atoms with E-state index in [1.54, 1.807) is 35.8 Å². The molecule has 1 atom stereocenters. The smallest absolute Gasteiger partial charge is 0.328 e. The summed E-state index contributed by atoms with van der Waals surface area (Å²) in [7, 11) is 1.29. The van der Waals surface area contributed by atoms with Gasteiger partial charge in [-0.3, -0.25) is 10.1 Å². The molecule has 0 spiro atoms. The van der Waals surface area contributed by atoms with Crippen molar-refractivity contribution in [3.05, 3.63) is 40.6 Å². The first-order valence-corrected chi connectivity index (χ1v) is 5.38. The van der Waals surface area contributed by atoms with Gasteiger partial charge in [0, 0.05) is 0 Å². The first-order valence-electron chi connectivity index (χ1n) is 5.38. The Morgan fingerprint density at radius 2 is 2.11 bits per heavy atom. The van der Waals surface area contributed by atoms with Crippen LogP contribution in [0.2, 0.25) is 0 Å². The van der Waals surface area contributed by atoms with Crippen LogP contribution in [0.3, 0.4) is 0 Å². The van der Waals surface area contributed by atoms with Crippen LogP contribution in [-0.4, -0.2) is 22.6 Å². The number of ether oxygens (including phenoxy) is 1. The predicted octanol–water partition coefficient (Wildman–Crippen LogP) is 2.28. The van der Waals surface area contributed by atoms with Gasteiger partial charge in [0.2, 0.25) is 0 Å². The molecule has 94 valence electrons. The highest BCUT2D eigenvalue weighted by Crippen LogP contribution is 2.30. The zero-order valence-electron chi connectivity index (χ0n) is 9.99. The summed E-state index contributed by atoms with van der Waals surface area (Å²) in [4.78, 5) is 22.0. The highest BCUT2D eigenvalue weighted by molar-refractivity contribution is 5.91. The average molecular weight is 248 g/mol. The Labute approximate surface area is 103 Å². The summed E-state index contributed by atoms with van der Waals surface area (Å²) in [5.74, 6) is -0.439. The quantitative estimate of drug-likeness (QED) is 0.474. The molecule has 0 bridgehead atoms. The Balaban J connectivity index is 2.65. The van der Waals surface area contributed by atoms with Crippen LogP contribution >= 0.6 is 0 Å². The van der Waals surface area contributed by atoms with E-state index in [9.17, 15) is 14.9 Å². The van der Waals surface area contributed by atoms with Crippen LogP contribution in [0.25, 0.3) is 10.9 Å². The Kier molecular flexibility index (Phi) is 3.01. The van der Waals surface area contributed by atoms with Crippen LogP contribution in [0.15, 0.2) is 30.5 Å². The maximum atomic E-state index is 11.5. The first kappa shape index (κ1) is 12.1. The normalized spacial score (nSPS) is 12.3. The molecule has 6 heteroatoms. The Bertz CT molecular complexity index is 618. The van der Waals surface area contributed by atoms with Crippen molar-refractivity contribution >= 4 is 22.6 Å². The largest absolute Gasteiger partial charge is 0.467 e. The van der Waals surface area contributed by atoms with Crippen LogP contribution < -0.4 is 0 Å². The number of carbonyl (C=O) groups excluding carboxylic acids is 1. The summed E-state index contributed by atoms with van der Waals surface area (Å²) in [5, 5.41) is 11.5. The second-order valence-corrected chi connectivity index (χ2v) is 3.90. The molecular formula is C12H12N2O4. The van der Waals surface area contributed by atoms with Crippen LogP contribution in [0.5, 0.6) is 0 Å². The monoisotopic (exact) mass is 248 g/mol. The third-order valence-electron chi connectivity index (χ3n) is 2.88. The van der Waals surface area contributed by atoms with E-state index < -0.39 is 16.9 Å². The highest BCUT2D eigenvalue weighted by atomic mass is 16.6. The molecule has 0 saturated carbocycles. The third kappa shape index (κ3) is 1.81.